The van der Waals surface area contributed by atoms with E-state index in [1.54, 1.807) is 0 Å². The molecule has 1 heterocycles. The predicted octanol–water partition coefficient (Wildman–Crippen LogP) is 2.20. The highest BCUT2D eigenvalue weighted by atomic mass is 19.4. The number of piperidine rings is 1. The molecular formula is C15H19F3N2O2. The number of carbonyl (C=O) groups excluding carboxylic acids is 1. The fraction of sp³-hybridized carbons (Fsp3) is 0.533. The zero-order chi connectivity index (χ0) is 16.2. The van der Waals surface area contributed by atoms with Crippen molar-refractivity contribution in [3.05, 3.63) is 29.8 Å². The van der Waals surface area contributed by atoms with Crippen LogP contribution in [0, 0.1) is 5.92 Å². The summed E-state index contributed by atoms with van der Waals surface area (Å²) in [6.07, 6.45) is -3.52. The lowest BCUT2D eigenvalue weighted by Gasteiger charge is -2.30. The lowest BCUT2D eigenvalue weighted by atomic mass is 9.95. The van der Waals surface area contributed by atoms with Gasteiger partial charge in [-0.15, -0.1) is 0 Å². The maximum atomic E-state index is 12.4. The van der Waals surface area contributed by atoms with E-state index in [1.165, 1.54) is 12.1 Å². The fourth-order valence-corrected chi connectivity index (χ4v) is 2.37. The van der Waals surface area contributed by atoms with Gasteiger partial charge in [0.2, 0.25) is 0 Å². The van der Waals surface area contributed by atoms with Crippen molar-refractivity contribution in [2.24, 2.45) is 5.92 Å². The largest absolute Gasteiger partial charge is 0.484 e. The average Bonchev–Trinajstić information content (AvgIpc) is 2.47. The Labute approximate surface area is 127 Å². The molecule has 0 radical (unpaired) electrons. The first-order valence-corrected chi connectivity index (χ1v) is 7.16. The van der Waals surface area contributed by atoms with Crippen molar-refractivity contribution in [2.75, 3.05) is 19.7 Å². The summed E-state index contributed by atoms with van der Waals surface area (Å²) in [4.78, 5) is 11.8. The number of benzene rings is 1. The van der Waals surface area contributed by atoms with Gasteiger partial charge in [-0.1, -0.05) is 6.92 Å². The molecule has 22 heavy (non-hydrogen) atoms. The zero-order valence-electron chi connectivity index (χ0n) is 12.2. The summed E-state index contributed by atoms with van der Waals surface area (Å²) in [6.45, 7) is 3.55. The second kappa shape index (κ2) is 7.00. The van der Waals surface area contributed by atoms with Crippen LogP contribution >= 0.6 is 0 Å². The van der Waals surface area contributed by atoms with E-state index in [1.807, 2.05) is 6.92 Å². The summed E-state index contributed by atoms with van der Waals surface area (Å²) in [5.74, 6) is 0.309. The Hall–Kier alpha value is -1.76. The van der Waals surface area contributed by atoms with Gasteiger partial charge in [0.05, 0.1) is 5.56 Å². The number of rotatable bonds is 4. The molecule has 2 atom stereocenters. The summed E-state index contributed by atoms with van der Waals surface area (Å²) in [5.41, 5.74) is -0.743. The highest BCUT2D eigenvalue weighted by Gasteiger charge is 2.30. The zero-order valence-corrected chi connectivity index (χ0v) is 12.2. The van der Waals surface area contributed by atoms with Crippen molar-refractivity contribution in [1.29, 1.82) is 0 Å². The van der Waals surface area contributed by atoms with Gasteiger partial charge < -0.3 is 15.4 Å². The monoisotopic (exact) mass is 316 g/mol. The van der Waals surface area contributed by atoms with Crippen LogP contribution in [0.3, 0.4) is 0 Å². The van der Waals surface area contributed by atoms with Gasteiger partial charge in [0.15, 0.2) is 6.61 Å². The van der Waals surface area contributed by atoms with Crippen LogP contribution in [0.4, 0.5) is 13.2 Å². The van der Waals surface area contributed by atoms with Crippen LogP contribution in [0.25, 0.3) is 0 Å². The van der Waals surface area contributed by atoms with E-state index in [2.05, 4.69) is 10.6 Å². The molecule has 2 rings (SSSR count). The Morgan fingerprint density at radius 3 is 2.64 bits per heavy atom. The third-order valence-electron chi connectivity index (χ3n) is 3.68. The first-order valence-electron chi connectivity index (χ1n) is 7.16. The standard InChI is InChI=1S/C15H19F3N2O2/c1-10-8-19-7-6-13(10)20-14(21)9-22-12-4-2-11(3-5-12)15(16,17)18/h2-5,10,13,19H,6-9H2,1H3,(H,20,21). The lowest BCUT2D eigenvalue weighted by molar-refractivity contribution is -0.137. The molecule has 4 nitrogen and oxygen atoms in total. The number of ether oxygens (including phenoxy) is 1. The van der Waals surface area contributed by atoms with Crippen LogP contribution in [0.15, 0.2) is 24.3 Å². The van der Waals surface area contributed by atoms with E-state index in [0.29, 0.717) is 5.92 Å². The minimum absolute atomic E-state index is 0.102. The molecule has 1 fully saturated rings. The molecule has 0 aromatic heterocycles. The molecule has 2 unspecified atom stereocenters. The maximum Gasteiger partial charge on any atom is 0.416 e. The number of alkyl halides is 3. The number of hydrogen-bond donors (Lipinski definition) is 2. The molecule has 0 spiro atoms. The summed E-state index contributed by atoms with van der Waals surface area (Å²) in [7, 11) is 0. The molecule has 1 aliphatic rings. The number of amides is 1. The van der Waals surface area contributed by atoms with E-state index in [9.17, 15) is 18.0 Å². The van der Waals surface area contributed by atoms with Crippen molar-refractivity contribution in [1.82, 2.24) is 10.6 Å². The highest BCUT2D eigenvalue weighted by Crippen LogP contribution is 2.30. The molecule has 1 aromatic carbocycles. The number of hydrogen-bond acceptors (Lipinski definition) is 3. The van der Waals surface area contributed by atoms with E-state index in [0.717, 1.165) is 31.6 Å². The predicted molar refractivity (Wildman–Crippen MR) is 75.5 cm³/mol. The molecule has 7 heteroatoms. The minimum Gasteiger partial charge on any atom is -0.484 e. The smallest absolute Gasteiger partial charge is 0.416 e. The average molecular weight is 316 g/mol. The minimum atomic E-state index is -4.37. The summed E-state index contributed by atoms with van der Waals surface area (Å²) in [6, 6.07) is 4.39. The molecule has 0 bridgehead atoms. The Balaban J connectivity index is 1.81. The highest BCUT2D eigenvalue weighted by molar-refractivity contribution is 5.77. The van der Waals surface area contributed by atoms with Crippen molar-refractivity contribution in [3.63, 3.8) is 0 Å². The molecule has 1 aromatic rings. The number of halogens is 3. The van der Waals surface area contributed by atoms with Gasteiger partial charge in [0.25, 0.3) is 5.91 Å². The topological polar surface area (TPSA) is 50.4 Å². The van der Waals surface area contributed by atoms with Crippen molar-refractivity contribution >= 4 is 5.91 Å². The van der Waals surface area contributed by atoms with E-state index in [-0.39, 0.29) is 24.3 Å². The van der Waals surface area contributed by atoms with E-state index < -0.39 is 11.7 Å². The Kier molecular flexibility index (Phi) is 5.28. The summed E-state index contributed by atoms with van der Waals surface area (Å²) >= 11 is 0. The van der Waals surface area contributed by atoms with Crippen LogP contribution in [-0.2, 0) is 11.0 Å². The SMILES string of the molecule is CC1CNCCC1NC(=O)COc1ccc(C(F)(F)F)cc1. The quantitative estimate of drug-likeness (QED) is 0.895. The summed E-state index contributed by atoms with van der Waals surface area (Å²) in [5, 5.41) is 6.13. The first kappa shape index (κ1) is 16.6. The molecule has 1 aliphatic heterocycles. The molecule has 1 amide bonds. The van der Waals surface area contributed by atoms with Crippen LogP contribution in [0.2, 0.25) is 0 Å². The van der Waals surface area contributed by atoms with Crippen LogP contribution in [0.5, 0.6) is 5.75 Å². The van der Waals surface area contributed by atoms with Gasteiger partial charge >= 0.3 is 6.18 Å². The molecular weight excluding hydrogens is 297 g/mol. The van der Waals surface area contributed by atoms with E-state index in [4.69, 9.17) is 4.74 Å². The third kappa shape index (κ3) is 4.62. The molecule has 1 saturated heterocycles. The molecule has 0 saturated carbocycles. The van der Waals surface area contributed by atoms with Crippen LogP contribution < -0.4 is 15.4 Å². The first-order chi connectivity index (χ1) is 10.4. The van der Waals surface area contributed by atoms with Crippen molar-refractivity contribution in [2.45, 2.75) is 25.6 Å². The Morgan fingerprint density at radius 2 is 2.05 bits per heavy atom. The third-order valence-corrected chi connectivity index (χ3v) is 3.68. The van der Waals surface area contributed by atoms with Gasteiger partial charge in [0.1, 0.15) is 5.75 Å². The Morgan fingerprint density at radius 1 is 1.36 bits per heavy atom. The molecule has 2 N–H and O–H groups in total. The molecule has 122 valence electrons. The second-order valence-corrected chi connectivity index (χ2v) is 5.45. The van der Waals surface area contributed by atoms with Gasteiger partial charge in [-0.05, 0) is 49.7 Å². The second-order valence-electron chi connectivity index (χ2n) is 5.45. The number of nitrogens with one attached hydrogen (secondary N) is 2. The van der Waals surface area contributed by atoms with Gasteiger partial charge in [-0.25, -0.2) is 0 Å². The maximum absolute atomic E-state index is 12.4. The van der Waals surface area contributed by atoms with Gasteiger partial charge in [-0.2, -0.15) is 13.2 Å². The lowest BCUT2D eigenvalue weighted by Crippen LogP contribution is -2.49. The van der Waals surface area contributed by atoms with E-state index >= 15 is 0 Å². The van der Waals surface area contributed by atoms with Crippen LogP contribution in [0.1, 0.15) is 18.9 Å². The van der Waals surface area contributed by atoms with Gasteiger partial charge in [0, 0.05) is 6.04 Å². The van der Waals surface area contributed by atoms with Crippen molar-refractivity contribution < 1.29 is 22.7 Å². The Bertz CT molecular complexity index is 503. The van der Waals surface area contributed by atoms with Crippen molar-refractivity contribution in [3.8, 4) is 5.75 Å². The normalized spacial score (nSPS) is 22.2. The number of carbonyl (C=O) groups is 1. The van der Waals surface area contributed by atoms with Gasteiger partial charge in [-0.3, -0.25) is 4.79 Å². The fourth-order valence-electron chi connectivity index (χ4n) is 2.37. The molecule has 0 aliphatic carbocycles. The summed E-state index contributed by atoms with van der Waals surface area (Å²) < 4.78 is 42.5. The van der Waals surface area contributed by atoms with Crippen LogP contribution in [-0.4, -0.2) is 31.6 Å².